The Morgan fingerprint density at radius 3 is 2.45 bits per heavy atom. The maximum atomic E-state index is 13.2. The SMILES string of the molecule is CCCC(CCC1(C)CNC1)CC1=CC=C(C(C)(F)F)NC1. The van der Waals surface area contributed by atoms with Crippen molar-refractivity contribution >= 4 is 0 Å². The molecule has 2 aliphatic heterocycles. The lowest BCUT2D eigenvalue weighted by Gasteiger charge is -2.40. The normalized spacial score (nSPS) is 22.2. The van der Waals surface area contributed by atoms with Crippen molar-refractivity contribution in [3.63, 3.8) is 0 Å². The van der Waals surface area contributed by atoms with E-state index in [4.69, 9.17) is 0 Å². The van der Waals surface area contributed by atoms with Crippen molar-refractivity contribution in [3.8, 4) is 0 Å². The van der Waals surface area contributed by atoms with Gasteiger partial charge in [0.05, 0.1) is 5.70 Å². The van der Waals surface area contributed by atoms with Crippen LogP contribution in [0.25, 0.3) is 0 Å². The summed E-state index contributed by atoms with van der Waals surface area (Å²) in [5.41, 5.74) is 1.77. The van der Waals surface area contributed by atoms with E-state index in [1.54, 1.807) is 6.08 Å². The second-order valence-corrected chi connectivity index (χ2v) is 7.46. The molecule has 0 aromatic rings. The lowest BCUT2D eigenvalue weighted by Crippen LogP contribution is -2.51. The first-order valence-corrected chi connectivity index (χ1v) is 8.55. The smallest absolute Gasteiger partial charge is 0.284 e. The van der Waals surface area contributed by atoms with Gasteiger partial charge in [-0.25, -0.2) is 8.78 Å². The topological polar surface area (TPSA) is 24.1 Å². The monoisotopic (exact) mass is 312 g/mol. The van der Waals surface area contributed by atoms with Crippen LogP contribution < -0.4 is 10.6 Å². The Kier molecular flexibility index (Phi) is 5.65. The number of hydrogen-bond donors (Lipinski definition) is 2. The maximum Gasteiger partial charge on any atom is 0.284 e. The van der Waals surface area contributed by atoms with E-state index in [2.05, 4.69) is 24.5 Å². The highest BCUT2D eigenvalue weighted by molar-refractivity contribution is 5.27. The molecule has 0 amide bonds. The quantitative estimate of drug-likeness (QED) is 0.700. The van der Waals surface area contributed by atoms with Crippen LogP contribution >= 0.6 is 0 Å². The highest BCUT2D eigenvalue weighted by atomic mass is 19.3. The molecule has 0 radical (unpaired) electrons. The molecule has 2 aliphatic rings. The van der Waals surface area contributed by atoms with Gasteiger partial charge in [-0.1, -0.05) is 38.3 Å². The van der Waals surface area contributed by atoms with Gasteiger partial charge in [0.15, 0.2) is 0 Å². The van der Waals surface area contributed by atoms with E-state index in [1.807, 2.05) is 6.08 Å². The fraction of sp³-hybridized carbons (Fsp3) is 0.778. The summed E-state index contributed by atoms with van der Waals surface area (Å²) in [4.78, 5) is 0. The fourth-order valence-electron chi connectivity index (χ4n) is 3.38. The second-order valence-electron chi connectivity index (χ2n) is 7.46. The Bertz CT molecular complexity index is 431. The first kappa shape index (κ1) is 17.5. The van der Waals surface area contributed by atoms with Gasteiger partial charge in [0.1, 0.15) is 0 Å². The van der Waals surface area contributed by atoms with E-state index in [9.17, 15) is 8.78 Å². The third-order valence-corrected chi connectivity index (χ3v) is 4.97. The van der Waals surface area contributed by atoms with E-state index in [1.165, 1.54) is 31.3 Å². The first-order chi connectivity index (χ1) is 10.3. The van der Waals surface area contributed by atoms with Crippen molar-refractivity contribution in [2.24, 2.45) is 11.3 Å². The van der Waals surface area contributed by atoms with E-state index >= 15 is 0 Å². The summed E-state index contributed by atoms with van der Waals surface area (Å²) in [5.74, 6) is -2.09. The molecule has 1 fully saturated rings. The van der Waals surface area contributed by atoms with E-state index in [0.717, 1.165) is 26.4 Å². The molecule has 0 spiro atoms. The van der Waals surface area contributed by atoms with Crippen LogP contribution in [0.5, 0.6) is 0 Å². The van der Waals surface area contributed by atoms with Gasteiger partial charge < -0.3 is 10.6 Å². The largest absolute Gasteiger partial charge is 0.380 e. The molecule has 0 bridgehead atoms. The van der Waals surface area contributed by atoms with Crippen LogP contribution in [0.3, 0.4) is 0 Å². The summed E-state index contributed by atoms with van der Waals surface area (Å²) in [6.07, 6.45) is 9.40. The Morgan fingerprint density at radius 1 is 1.27 bits per heavy atom. The van der Waals surface area contributed by atoms with E-state index < -0.39 is 5.92 Å². The van der Waals surface area contributed by atoms with Gasteiger partial charge in [-0.2, -0.15) is 0 Å². The molecule has 1 atom stereocenters. The van der Waals surface area contributed by atoms with Gasteiger partial charge in [0, 0.05) is 26.6 Å². The molecule has 0 aromatic heterocycles. The summed E-state index contributed by atoms with van der Waals surface area (Å²) in [7, 11) is 0. The van der Waals surface area contributed by atoms with Gasteiger partial charge in [0.2, 0.25) is 0 Å². The highest BCUT2D eigenvalue weighted by Gasteiger charge is 2.32. The van der Waals surface area contributed by atoms with E-state index in [-0.39, 0.29) is 5.70 Å². The number of dihydropyridines is 1. The van der Waals surface area contributed by atoms with Crippen LogP contribution in [-0.2, 0) is 0 Å². The van der Waals surface area contributed by atoms with Crippen molar-refractivity contribution < 1.29 is 8.78 Å². The third kappa shape index (κ3) is 4.80. The minimum absolute atomic E-state index is 0.0383. The zero-order chi connectivity index (χ0) is 16.2. The molecule has 2 nitrogen and oxygen atoms in total. The molecule has 1 unspecified atom stereocenters. The first-order valence-electron chi connectivity index (χ1n) is 8.55. The lowest BCUT2D eigenvalue weighted by atomic mass is 9.76. The van der Waals surface area contributed by atoms with Crippen molar-refractivity contribution in [1.29, 1.82) is 0 Å². The van der Waals surface area contributed by atoms with Crippen molar-refractivity contribution in [1.82, 2.24) is 10.6 Å². The molecule has 0 aromatic carbocycles. The predicted molar refractivity (Wildman–Crippen MR) is 88.0 cm³/mol. The summed E-state index contributed by atoms with van der Waals surface area (Å²) in [5, 5.41) is 6.24. The highest BCUT2D eigenvalue weighted by Crippen LogP contribution is 2.33. The number of hydrogen-bond acceptors (Lipinski definition) is 2. The molecule has 2 heterocycles. The van der Waals surface area contributed by atoms with Gasteiger partial charge in [0.25, 0.3) is 5.92 Å². The molecule has 0 aliphatic carbocycles. The van der Waals surface area contributed by atoms with Crippen LogP contribution in [-0.4, -0.2) is 25.6 Å². The summed E-state index contributed by atoms with van der Waals surface area (Å²) >= 11 is 0. The Labute approximate surface area is 133 Å². The second kappa shape index (κ2) is 7.12. The molecule has 0 saturated carbocycles. The van der Waals surface area contributed by atoms with Crippen LogP contribution in [0.2, 0.25) is 0 Å². The van der Waals surface area contributed by atoms with Crippen molar-refractivity contribution in [3.05, 3.63) is 23.4 Å². The number of alkyl halides is 2. The minimum atomic E-state index is -2.77. The average molecular weight is 312 g/mol. The maximum absolute atomic E-state index is 13.2. The number of rotatable bonds is 8. The van der Waals surface area contributed by atoms with Crippen molar-refractivity contribution in [2.75, 3.05) is 19.6 Å². The van der Waals surface area contributed by atoms with Crippen LogP contribution in [0, 0.1) is 11.3 Å². The number of halogens is 2. The Balaban J connectivity index is 1.88. The lowest BCUT2D eigenvalue weighted by molar-refractivity contribution is 0.0557. The molecule has 2 N–H and O–H groups in total. The molecule has 4 heteroatoms. The molecular formula is C18H30F2N2. The Hall–Kier alpha value is -0.900. The van der Waals surface area contributed by atoms with Crippen molar-refractivity contribution in [2.45, 2.75) is 58.8 Å². The zero-order valence-electron chi connectivity index (χ0n) is 14.1. The standard InChI is InChI=1S/C18H30F2N2/c1-4-5-14(8-9-17(2)12-21-13-17)10-15-6-7-16(22-11-15)18(3,19)20/h6-7,14,21-22H,4-5,8-13H2,1-3H3. The molecule has 22 heavy (non-hydrogen) atoms. The van der Waals surface area contributed by atoms with Gasteiger partial charge in [-0.3, -0.25) is 0 Å². The molecular weight excluding hydrogens is 282 g/mol. The van der Waals surface area contributed by atoms with E-state index in [0.29, 0.717) is 17.9 Å². The van der Waals surface area contributed by atoms with Crippen LogP contribution in [0.1, 0.15) is 52.9 Å². The zero-order valence-corrected chi connectivity index (χ0v) is 14.1. The molecule has 2 rings (SSSR count). The number of nitrogens with one attached hydrogen (secondary N) is 2. The summed E-state index contributed by atoms with van der Waals surface area (Å²) < 4.78 is 26.5. The average Bonchev–Trinajstić information content (AvgIpc) is 2.42. The molecule has 126 valence electrons. The minimum Gasteiger partial charge on any atom is -0.380 e. The fourth-order valence-corrected chi connectivity index (χ4v) is 3.38. The van der Waals surface area contributed by atoms with Gasteiger partial charge in [-0.05, 0) is 36.7 Å². The Morgan fingerprint density at radius 2 is 2.00 bits per heavy atom. The van der Waals surface area contributed by atoms with Gasteiger partial charge in [-0.15, -0.1) is 0 Å². The summed E-state index contributed by atoms with van der Waals surface area (Å²) in [6, 6.07) is 0. The predicted octanol–water partition coefficient (Wildman–Crippen LogP) is 4.25. The third-order valence-electron chi connectivity index (χ3n) is 4.97. The van der Waals surface area contributed by atoms with Gasteiger partial charge >= 0.3 is 0 Å². The number of allylic oxidation sites excluding steroid dienone is 3. The van der Waals surface area contributed by atoms with Crippen LogP contribution in [0.4, 0.5) is 8.78 Å². The summed E-state index contributed by atoms with van der Waals surface area (Å²) in [6.45, 7) is 8.35. The molecule has 1 saturated heterocycles. The van der Waals surface area contributed by atoms with Crippen LogP contribution in [0.15, 0.2) is 23.4 Å².